The summed E-state index contributed by atoms with van der Waals surface area (Å²) in [7, 11) is -2.91. The van der Waals surface area contributed by atoms with Crippen LogP contribution in [0.2, 0.25) is 0 Å². The summed E-state index contributed by atoms with van der Waals surface area (Å²) in [5, 5.41) is 2.83. The lowest BCUT2D eigenvalue weighted by atomic mass is 10.2. The third-order valence-corrected chi connectivity index (χ3v) is 5.34. The molecule has 1 amide bonds. The van der Waals surface area contributed by atoms with Crippen LogP contribution in [0.1, 0.15) is 5.56 Å². The van der Waals surface area contributed by atoms with Gasteiger partial charge in [-0.1, -0.05) is 6.07 Å². The molecule has 3 rings (SSSR count). The average Bonchev–Trinajstić information content (AvgIpc) is 2.95. The van der Waals surface area contributed by atoms with Crippen molar-refractivity contribution < 1.29 is 22.7 Å². The van der Waals surface area contributed by atoms with Gasteiger partial charge >= 0.3 is 0 Å². The summed E-state index contributed by atoms with van der Waals surface area (Å²) in [5.74, 6) is 1.54. The van der Waals surface area contributed by atoms with Gasteiger partial charge in [0.25, 0.3) is 0 Å². The molecule has 0 bridgehead atoms. The van der Waals surface area contributed by atoms with Crippen molar-refractivity contribution in [3.63, 3.8) is 0 Å². The zero-order valence-electron chi connectivity index (χ0n) is 12.1. The number of benzene rings is 1. The van der Waals surface area contributed by atoms with Crippen LogP contribution < -0.4 is 14.8 Å². The zero-order chi connectivity index (χ0) is 15.6. The molecule has 120 valence electrons. The maximum atomic E-state index is 11.9. The predicted octanol–water partition coefficient (Wildman–Crippen LogP) is -0.238. The largest absolute Gasteiger partial charge is 0.454 e. The molecule has 1 saturated heterocycles. The van der Waals surface area contributed by atoms with Gasteiger partial charge in [0.15, 0.2) is 21.3 Å². The van der Waals surface area contributed by atoms with Gasteiger partial charge in [-0.05, 0) is 17.7 Å². The first kappa shape index (κ1) is 15.1. The molecule has 2 aliphatic heterocycles. The van der Waals surface area contributed by atoms with Crippen LogP contribution in [0.4, 0.5) is 0 Å². The maximum Gasteiger partial charge on any atom is 0.234 e. The normalized spacial score (nSPS) is 19.8. The highest BCUT2D eigenvalue weighted by molar-refractivity contribution is 7.91. The van der Waals surface area contributed by atoms with E-state index in [1.165, 1.54) is 0 Å². The van der Waals surface area contributed by atoms with Crippen LogP contribution in [-0.2, 0) is 21.2 Å². The summed E-state index contributed by atoms with van der Waals surface area (Å²) >= 11 is 0. The molecule has 1 N–H and O–H groups in total. The molecule has 0 saturated carbocycles. The van der Waals surface area contributed by atoms with Crippen molar-refractivity contribution in [3.05, 3.63) is 23.8 Å². The number of fused-ring (bicyclic) bond motifs is 1. The van der Waals surface area contributed by atoms with Gasteiger partial charge in [0.2, 0.25) is 12.7 Å². The lowest BCUT2D eigenvalue weighted by Crippen LogP contribution is -2.45. The van der Waals surface area contributed by atoms with E-state index in [-0.39, 0.29) is 30.8 Å². The summed E-state index contributed by atoms with van der Waals surface area (Å²) in [5.41, 5.74) is 0.929. The highest BCUT2D eigenvalue weighted by Crippen LogP contribution is 2.32. The van der Waals surface area contributed by atoms with Gasteiger partial charge in [-0.2, -0.15) is 0 Å². The Morgan fingerprint density at radius 3 is 2.68 bits per heavy atom. The molecule has 0 unspecified atom stereocenters. The predicted molar refractivity (Wildman–Crippen MR) is 79.5 cm³/mol. The fourth-order valence-electron chi connectivity index (χ4n) is 2.42. The quantitative estimate of drug-likeness (QED) is 0.822. The Kier molecular flexibility index (Phi) is 4.21. The lowest BCUT2D eigenvalue weighted by molar-refractivity contribution is -0.122. The second-order valence-electron chi connectivity index (χ2n) is 5.39. The number of carbonyl (C=O) groups is 1. The van der Waals surface area contributed by atoms with E-state index in [9.17, 15) is 13.2 Å². The Balaban J connectivity index is 1.46. The molecule has 0 aromatic heterocycles. The van der Waals surface area contributed by atoms with Crippen LogP contribution >= 0.6 is 0 Å². The molecule has 0 radical (unpaired) electrons. The highest BCUT2D eigenvalue weighted by atomic mass is 32.2. The Labute approximate surface area is 129 Å². The molecule has 22 heavy (non-hydrogen) atoms. The van der Waals surface area contributed by atoms with E-state index in [4.69, 9.17) is 9.47 Å². The number of sulfone groups is 1. The van der Waals surface area contributed by atoms with Crippen LogP contribution in [-0.4, -0.2) is 57.2 Å². The fraction of sp³-hybridized carbons (Fsp3) is 0.500. The van der Waals surface area contributed by atoms with Crippen molar-refractivity contribution in [2.24, 2.45) is 0 Å². The van der Waals surface area contributed by atoms with Crippen LogP contribution in [0.5, 0.6) is 11.5 Å². The van der Waals surface area contributed by atoms with Gasteiger partial charge in [-0.15, -0.1) is 0 Å². The molecule has 2 heterocycles. The first-order valence-electron chi connectivity index (χ1n) is 7.10. The Hall–Kier alpha value is -1.80. The van der Waals surface area contributed by atoms with Gasteiger partial charge in [-0.3, -0.25) is 9.69 Å². The summed E-state index contributed by atoms with van der Waals surface area (Å²) in [6, 6.07) is 5.54. The van der Waals surface area contributed by atoms with Crippen molar-refractivity contribution >= 4 is 15.7 Å². The van der Waals surface area contributed by atoms with Crippen LogP contribution in [0.3, 0.4) is 0 Å². The van der Waals surface area contributed by atoms with Gasteiger partial charge < -0.3 is 14.8 Å². The zero-order valence-corrected chi connectivity index (χ0v) is 12.9. The minimum Gasteiger partial charge on any atom is -0.454 e. The number of amides is 1. The van der Waals surface area contributed by atoms with E-state index in [0.29, 0.717) is 31.1 Å². The number of carbonyl (C=O) groups excluding carboxylic acids is 1. The van der Waals surface area contributed by atoms with E-state index in [2.05, 4.69) is 5.32 Å². The number of nitrogens with one attached hydrogen (secondary N) is 1. The molecule has 2 aliphatic rings. The Morgan fingerprint density at radius 2 is 1.91 bits per heavy atom. The molecule has 1 aromatic carbocycles. The van der Waals surface area contributed by atoms with Crippen LogP contribution in [0, 0.1) is 0 Å². The number of hydrogen-bond donors (Lipinski definition) is 1. The number of rotatable bonds is 4. The van der Waals surface area contributed by atoms with E-state index in [1.807, 2.05) is 23.1 Å². The minimum absolute atomic E-state index is 0.114. The van der Waals surface area contributed by atoms with Crippen LogP contribution in [0.25, 0.3) is 0 Å². The monoisotopic (exact) mass is 326 g/mol. The van der Waals surface area contributed by atoms with Crippen molar-refractivity contribution in [1.82, 2.24) is 10.2 Å². The lowest BCUT2D eigenvalue weighted by Gasteiger charge is -2.25. The molecule has 1 fully saturated rings. The fourth-order valence-corrected chi connectivity index (χ4v) is 3.70. The highest BCUT2D eigenvalue weighted by Gasteiger charge is 2.22. The van der Waals surface area contributed by atoms with E-state index < -0.39 is 9.84 Å². The minimum atomic E-state index is -2.91. The molecule has 8 heteroatoms. The van der Waals surface area contributed by atoms with Gasteiger partial charge in [-0.25, -0.2) is 8.42 Å². The molecular formula is C14H18N2O5S. The standard InChI is InChI=1S/C14H18N2O5S/c17-14(9-16-3-5-22(18,19)6-4-16)15-8-11-1-2-12-13(7-11)21-10-20-12/h1-2,7H,3-6,8-10H2,(H,15,17). The smallest absolute Gasteiger partial charge is 0.234 e. The Bertz CT molecular complexity index is 660. The number of hydrogen-bond acceptors (Lipinski definition) is 6. The van der Waals surface area contributed by atoms with Crippen molar-refractivity contribution in [3.8, 4) is 11.5 Å². The molecule has 7 nitrogen and oxygen atoms in total. The van der Waals surface area contributed by atoms with Crippen molar-refractivity contribution in [2.75, 3.05) is 37.9 Å². The maximum absolute atomic E-state index is 11.9. The summed E-state index contributed by atoms with van der Waals surface area (Å²) in [6.45, 7) is 1.68. The molecule has 0 aliphatic carbocycles. The SMILES string of the molecule is O=C(CN1CCS(=O)(=O)CC1)NCc1ccc2c(c1)OCO2. The first-order valence-corrected chi connectivity index (χ1v) is 8.92. The Morgan fingerprint density at radius 1 is 1.18 bits per heavy atom. The summed E-state index contributed by atoms with van der Waals surface area (Å²) in [6.07, 6.45) is 0. The van der Waals surface area contributed by atoms with Gasteiger partial charge in [0.05, 0.1) is 18.1 Å². The van der Waals surface area contributed by atoms with Crippen LogP contribution in [0.15, 0.2) is 18.2 Å². The third kappa shape index (κ3) is 3.69. The second-order valence-corrected chi connectivity index (χ2v) is 7.70. The first-order chi connectivity index (χ1) is 10.5. The second kappa shape index (κ2) is 6.13. The molecular weight excluding hydrogens is 308 g/mol. The number of nitrogens with zero attached hydrogens (tertiary/aromatic N) is 1. The van der Waals surface area contributed by atoms with E-state index in [1.54, 1.807) is 0 Å². The van der Waals surface area contributed by atoms with Crippen molar-refractivity contribution in [2.45, 2.75) is 6.54 Å². The topological polar surface area (TPSA) is 84.9 Å². The van der Waals surface area contributed by atoms with E-state index in [0.717, 1.165) is 5.56 Å². The number of ether oxygens (including phenoxy) is 2. The third-order valence-electron chi connectivity index (χ3n) is 3.73. The summed E-state index contributed by atoms with van der Waals surface area (Å²) < 4.78 is 33.2. The molecule has 0 spiro atoms. The average molecular weight is 326 g/mol. The molecule has 0 atom stereocenters. The molecule has 1 aromatic rings. The van der Waals surface area contributed by atoms with E-state index >= 15 is 0 Å². The van der Waals surface area contributed by atoms with Crippen molar-refractivity contribution in [1.29, 1.82) is 0 Å². The summed E-state index contributed by atoms with van der Waals surface area (Å²) in [4.78, 5) is 13.8. The van der Waals surface area contributed by atoms with Gasteiger partial charge in [0, 0.05) is 19.6 Å². The van der Waals surface area contributed by atoms with Gasteiger partial charge in [0.1, 0.15) is 0 Å².